The van der Waals surface area contributed by atoms with E-state index in [0.717, 1.165) is 46.1 Å². The number of hydrogen-bond donors (Lipinski definition) is 0. The summed E-state index contributed by atoms with van der Waals surface area (Å²) in [6.45, 7) is 1.51. The lowest BCUT2D eigenvalue weighted by Gasteiger charge is -2.27. The van der Waals surface area contributed by atoms with Gasteiger partial charge >= 0.3 is 0 Å². The van der Waals surface area contributed by atoms with Gasteiger partial charge in [-0.15, -0.1) is 0 Å². The van der Waals surface area contributed by atoms with Crippen molar-refractivity contribution in [1.82, 2.24) is 24.0 Å². The fraction of sp³-hybridized carbons (Fsp3) is 0.423. The third kappa shape index (κ3) is 3.35. The molecule has 4 heterocycles. The van der Waals surface area contributed by atoms with Crippen molar-refractivity contribution in [2.75, 3.05) is 26.9 Å². The van der Waals surface area contributed by atoms with Crippen molar-refractivity contribution in [3.05, 3.63) is 41.6 Å². The first kappa shape index (κ1) is 21.1. The quantitative estimate of drug-likeness (QED) is 0.410. The third-order valence-corrected chi connectivity index (χ3v) is 7.09. The van der Waals surface area contributed by atoms with Gasteiger partial charge in [0.25, 0.3) is 5.91 Å². The molecular weight excluding hydrogens is 433 g/mol. The first-order valence-corrected chi connectivity index (χ1v) is 12.0. The van der Waals surface area contributed by atoms with Crippen LogP contribution in [0.25, 0.3) is 33.6 Å². The van der Waals surface area contributed by atoms with Crippen molar-refractivity contribution in [3.63, 3.8) is 0 Å². The van der Waals surface area contributed by atoms with E-state index in [4.69, 9.17) is 14.7 Å². The van der Waals surface area contributed by atoms with E-state index in [1.54, 1.807) is 12.0 Å². The maximum atomic E-state index is 13.0. The summed E-state index contributed by atoms with van der Waals surface area (Å²) < 4.78 is 22.7. The molecule has 176 valence electrons. The Balaban J connectivity index is 1.49. The molecule has 0 unspecified atom stereocenters. The number of halogens is 1. The summed E-state index contributed by atoms with van der Waals surface area (Å²) in [5.74, 6) is 2.28. The van der Waals surface area contributed by atoms with E-state index < -0.39 is 6.67 Å². The molecule has 34 heavy (non-hydrogen) atoms. The minimum Gasteiger partial charge on any atom is -0.495 e. The maximum absolute atomic E-state index is 13.0. The van der Waals surface area contributed by atoms with Crippen molar-refractivity contribution in [2.45, 2.75) is 32.2 Å². The first-order valence-electron chi connectivity index (χ1n) is 12.0. The number of ether oxygens (including phenoxy) is 1. The van der Waals surface area contributed by atoms with E-state index in [2.05, 4.69) is 16.7 Å². The van der Waals surface area contributed by atoms with Crippen molar-refractivity contribution in [1.29, 1.82) is 0 Å². The van der Waals surface area contributed by atoms with Crippen molar-refractivity contribution in [2.24, 2.45) is 13.0 Å². The molecule has 1 aromatic carbocycles. The SMILES string of the molecule is COc1cccc2cc(-c3nc4cc5c(nc4n3C)CCN(CCCF)C5=O)n(CC3CC3)c12. The lowest BCUT2D eigenvalue weighted by molar-refractivity contribution is 0.0733. The van der Waals surface area contributed by atoms with Gasteiger partial charge in [-0.1, -0.05) is 12.1 Å². The number of imidazole rings is 1. The molecule has 6 rings (SSSR count). The van der Waals surface area contributed by atoms with Crippen LogP contribution in [-0.2, 0) is 20.0 Å². The van der Waals surface area contributed by atoms with Crippen LogP contribution in [0.3, 0.4) is 0 Å². The fourth-order valence-corrected chi connectivity index (χ4v) is 5.12. The summed E-state index contributed by atoms with van der Waals surface area (Å²) in [4.78, 5) is 24.6. The Kier molecular flexibility index (Phi) is 5.04. The molecule has 1 fully saturated rings. The van der Waals surface area contributed by atoms with E-state index in [0.29, 0.717) is 42.9 Å². The molecule has 2 aliphatic rings. The zero-order chi connectivity index (χ0) is 23.4. The van der Waals surface area contributed by atoms with E-state index in [-0.39, 0.29) is 5.91 Å². The van der Waals surface area contributed by atoms with Gasteiger partial charge in [-0.05, 0) is 43.4 Å². The maximum Gasteiger partial charge on any atom is 0.255 e. The summed E-state index contributed by atoms with van der Waals surface area (Å²) >= 11 is 0. The molecule has 0 saturated heterocycles. The molecule has 1 amide bonds. The van der Waals surface area contributed by atoms with Crippen LogP contribution < -0.4 is 4.74 Å². The highest BCUT2D eigenvalue weighted by atomic mass is 19.1. The average molecular weight is 462 g/mol. The molecule has 0 radical (unpaired) electrons. The van der Waals surface area contributed by atoms with Gasteiger partial charge in [0.1, 0.15) is 11.3 Å². The summed E-state index contributed by atoms with van der Waals surface area (Å²) in [7, 11) is 3.69. The standard InChI is InChI=1S/C26H28FN5O2/c1-30-24-20(14-18-19(28-24)9-12-31(26(18)33)11-4-10-27)29-25(30)21-13-17-5-3-6-22(34-2)23(17)32(21)15-16-7-8-16/h3,5-6,13-14,16H,4,7-12,15H2,1-2H3. The average Bonchev–Trinajstić information content (AvgIpc) is 3.52. The van der Waals surface area contributed by atoms with Gasteiger partial charge in [-0.2, -0.15) is 0 Å². The van der Waals surface area contributed by atoms with Crippen molar-refractivity contribution >= 4 is 28.0 Å². The molecule has 8 heteroatoms. The second-order valence-corrected chi connectivity index (χ2v) is 9.39. The second kappa shape index (κ2) is 8.11. The number of carbonyl (C=O) groups excluding carboxylic acids is 1. The molecule has 4 aromatic rings. The molecule has 1 aliphatic heterocycles. The lowest BCUT2D eigenvalue weighted by atomic mass is 10.0. The van der Waals surface area contributed by atoms with Gasteiger partial charge in [0.2, 0.25) is 0 Å². The third-order valence-electron chi connectivity index (χ3n) is 7.09. The van der Waals surface area contributed by atoms with E-state index in [9.17, 15) is 9.18 Å². The van der Waals surface area contributed by atoms with Crippen LogP contribution >= 0.6 is 0 Å². The van der Waals surface area contributed by atoms with E-state index in [1.807, 2.05) is 29.8 Å². The number of rotatable bonds is 7. The number of carbonyl (C=O) groups is 1. The van der Waals surface area contributed by atoms with Crippen LogP contribution in [0, 0.1) is 5.92 Å². The summed E-state index contributed by atoms with van der Waals surface area (Å²) in [6, 6.07) is 10.2. The zero-order valence-corrected chi connectivity index (χ0v) is 19.6. The fourth-order valence-electron chi connectivity index (χ4n) is 5.12. The van der Waals surface area contributed by atoms with Gasteiger partial charge in [0.15, 0.2) is 11.5 Å². The van der Waals surface area contributed by atoms with Gasteiger partial charge < -0.3 is 18.8 Å². The number of aryl methyl sites for hydroxylation is 1. The zero-order valence-electron chi connectivity index (χ0n) is 19.6. The number of nitrogens with zero attached hydrogens (tertiary/aromatic N) is 5. The molecule has 1 aliphatic carbocycles. The Morgan fingerprint density at radius 2 is 2.06 bits per heavy atom. The van der Waals surface area contributed by atoms with Gasteiger partial charge in [0, 0.05) is 38.5 Å². The lowest BCUT2D eigenvalue weighted by Crippen LogP contribution is -2.38. The molecule has 0 bridgehead atoms. The number of aromatic nitrogens is 4. The van der Waals surface area contributed by atoms with Crippen molar-refractivity contribution < 1.29 is 13.9 Å². The summed E-state index contributed by atoms with van der Waals surface area (Å²) in [5.41, 5.74) is 4.97. The Labute approximate surface area is 197 Å². The second-order valence-electron chi connectivity index (χ2n) is 9.39. The molecule has 7 nitrogen and oxygen atoms in total. The van der Waals surface area contributed by atoms with Crippen LogP contribution in [-0.4, -0.2) is 56.8 Å². The van der Waals surface area contributed by atoms with Gasteiger partial charge in [-0.3, -0.25) is 9.18 Å². The Morgan fingerprint density at radius 3 is 2.82 bits per heavy atom. The van der Waals surface area contributed by atoms with Crippen LogP contribution in [0.4, 0.5) is 4.39 Å². The van der Waals surface area contributed by atoms with Gasteiger partial charge in [0.05, 0.1) is 36.3 Å². The number of para-hydroxylation sites is 1. The molecule has 0 N–H and O–H groups in total. The monoisotopic (exact) mass is 461 g/mol. The topological polar surface area (TPSA) is 65.2 Å². The predicted octanol–water partition coefficient (Wildman–Crippen LogP) is 4.37. The summed E-state index contributed by atoms with van der Waals surface area (Å²) in [6.07, 6.45) is 3.51. The largest absolute Gasteiger partial charge is 0.495 e. The minimum atomic E-state index is -0.419. The van der Waals surface area contributed by atoms with Gasteiger partial charge in [-0.25, -0.2) is 9.97 Å². The number of fused-ring (bicyclic) bond motifs is 3. The Hall–Kier alpha value is -3.42. The van der Waals surface area contributed by atoms with E-state index in [1.165, 1.54) is 12.8 Å². The highest BCUT2D eigenvalue weighted by Crippen LogP contribution is 2.39. The van der Waals surface area contributed by atoms with Crippen LogP contribution in [0.15, 0.2) is 30.3 Å². The highest BCUT2D eigenvalue weighted by molar-refractivity contribution is 5.99. The van der Waals surface area contributed by atoms with Crippen LogP contribution in [0.1, 0.15) is 35.3 Å². The summed E-state index contributed by atoms with van der Waals surface area (Å²) in [5, 5.41) is 1.12. The van der Waals surface area contributed by atoms with Crippen molar-refractivity contribution in [3.8, 4) is 17.3 Å². The van der Waals surface area contributed by atoms with E-state index >= 15 is 0 Å². The highest BCUT2D eigenvalue weighted by Gasteiger charge is 2.29. The Bertz CT molecular complexity index is 1420. The number of benzene rings is 1. The van der Waals surface area contributed by atoms with Crippen LogP contribution in [0.2, 0.25) is 0 Å². The molecule has 1 saturated carbocycles. The predicted molar refractivity (Wildman–Crippen MR) is 129 cm³/mol. The first-order chi connectivity index (χ1) is 16.6. The minimum absolute atomic E-state index is 0.0797. The molecular formula is C26H28FN5O2. The number of hydrogen-bond acceptors (Lipinski definition) is 4. The smallest absolute Gasteiger partial charge is 0.255 e. The Morgan fingerprint density at radius 1 is 1.21 bits per heavy atom. The number of alkyl halides is 1. The number of amides is 1. The molecule has 0 atom stereocenters. The number of pyridine rings is 1. The molecule has 3 aromatic heterocycles. The molecule has 0 spiro atoms. The normalized spacial score (nSPS) is 16.0. The number of methoxy groups -OCH3 is 1. The van der Waals surface area contributed by atoms with Crippen LogP contribution in [0.5, 0.6) is 5.75 Å².